The predicted molar refractivity (Wildman–Crippen MR) is 46.9 cm³/mol. The molecule has 1 atom stereocenters. The van der Waals surface area contributed by atoms with E-state index in [0.29, 0.717) is 6.10 Å². The van der Waals surface area contributed by atoms with Crippen LogP contribution in [-0.2, 0) is 9.47 Å². The van der Waals surface area contributed by atoms with Crippen molar-refractivity contribution in [3.8, 4) is 0 Å². The number of hydrogen-bond acceptors (Lipinski definition) is 2. The van der Waals surface area contributed by atoms with Crippen LogP contribution in [0.4, 0.5) is 0 Å². The van der Waals surface area contributed by atoms with Crippen LogP contribution in [0.5, 0.6) is 0 Å². The lowest BCUT2D eigenvalue weighted by Crippen LogP contribution is -2.29. The van der Waals surface area contributed by atoms with Gasteiger partial charge >= 0.3 is 0 Å². The highest BCUT2D eigenvalue weighted by molar-refractivity contribution is 4.79. The van der Waals surface area contributed by atoms with Crippen LogP contribution in [0.25, 0.3) is 0 Å². The van der Waals surface area contributed by atoms with E-state index in [1.165, 1.54) is 25.7 Å². The van der Waals surface area contributed by atoms with E-state index in [1.54, 1.807) is 0 Å². The molecule has 1 spiro atoms. The van der Waals surface area contributed by atoms with Crippen LogP contribution >= 0.6 is 0 Å². The zero-order valence-corrected chi connectivity index (χ0v) is 7.84. The Hall–Kier alpha value is -0.0800. The summed E-state index contributed by atoms with van der Waals surface area (Å²) in [5.41, 5.74) is 0. The Morgan fingerprint density at radius 3 is 2.25 bits per heavy atom. The summed E-state index contributed by atoms with van der Waals surface area (Å²) < 4.78 is 11.6. The standard InChI is InChI=1S/C10H18O2/c1-9-8-11-10(12-9)6-4-2-3-5-7-10/h9H,2-8H2,1H3. The molecule has 0 N–H and O–H groups in total. The quantitative estimate of drug-likeness (QED) is 0.556. The van der Waals surface area contributed by atoms with Crippen molar-refractivity contribution in [2.24, 2.45) is 0 Å². The lowest BCUT2D eigenvalue weighted by Gasteiger charge is -2.25. The third-order valence-corrected chi connectivity index (χ3v) is 2.86. The summed E-state index contributed by atoms with van der Waals surface area (Å²) in [6.07, 6.45) is 7.77. The molecule has 0 amide bonds. The van der Waals surface area contributed by atoms with Crippen molar-refractivity contribution < 1.29 is 9.47 Å². The van der Waals surface area contributed by atoms with Crippen LogP contribution in [0.15, 0.2) is 0 Å². The van der Waals surface area contributed by atoms with Crippen LogP contribution < -0.4 is 0 Å². The summed E-state index contributed by atoms with van der Waals surface area (Å²) in [4.78, 5) is 0. The summed E-state index contributed by atoms with van der Waals surface area (Å²) in [5, 5.41) is 0. The van der Waals surface area contributed by atoms with Gasteiger partial charge < -0.3 is 9.47 Å². The average Bonchev–Trinajstić information content (AvgIpc) is 2.30. The Morgan fingerprint density at radius 2 is 1.75 bits per heavy atom. The Kier molecular flexibility index (Phi) is 2.37. The summed E-state index contributed by atoms with van der Waals surface area (Å²) in [7, 11) is 0. The van der Waals surface area contributed by atoms with Gasteiger partial charge in [-0.15, -0.1) is 0 Å². The Morgan fingerprint density at radius 1 is 1.08 bits per heavy atom. The Labute approximate surface area is 74.2 Å². The highest BCUT2D eigenvalue weighted by Gasteiger charge is 2.39. The minimum Gasteiger partial charge on any atom is -0.347 e. The Balaban J connectivity index is 1.98. The smallest absolute Gasteiger partial charge is 0.168 e. The molecule has 0 aromatic heterocycles. The fourth-order valence-electron chi connectivity index (χ4n) is 2.23. The minimum absolute atomic E-state index is 0.171. The van der Waals surface area contributed by atoms with Gasteiger partial charge in [0.1, 0.15) is 0 Å². The third-order valence-electron chi connectivity index (χ3n) is 2.86. The van der Waals surface area contributed by atoms with Crippen LogP contribution in [-0.4, -0.2) is 18.5 Å². The first-order chi connectivity index (χ1) is 5.81. The number of rotatable bonds is 0. The molecule has 12 heavy (non-hydrogen) atoms. The molecule has 0 bridgehead atoms. The maximum Gasteiger partial charge on any atom is 0.168 e. The van der Waals surface area contributed by atoms with Gasteiger partial charge in [0.2, 0.25) is 0 Å². The van der Waals surface area contributed by atoms with Gasteiger partial charge in [0.05, 0.1) is 12.7 Å². The molecular formula is C10H18O2. The largest absolute Gasteiger partial charge is 0.347 e. The lowest BCUT2D eigenvalue weighted by atomic mass is 10.1. The van der Waals surface area contributed by atoms with E-state index in [1.807, 2.05) is 0 Å². The summed E-state index contributed by atoms with van der Waals surface area (Å²) in [6.45, 7) is 2.89. The topological polar surface area (TPSA) is 18.5 Å². The first kappa shape index (κ1) is 8.52. The van der Waals surface area contributed by atoms with Gasteiger partial charge in [0.25, 0.3) is 0 Å². The van der Waals surface area contributed by atoms with Crippen molar-refractivity contribution in [1.29, 1.82) is 0 Å². The molecule has 1 saturated heterocycles. The molecular weight excluding hydrogens is 152 g/mol. The highest BCUT2D eigenvalue weighted by atomic mass is 16.7. The zero-order chi connectivity index (χ0) is 8.44. The van der Waals surface area contributed by atoms with E-state index in [4.69, 9.17) is 9.47 Å². The molecule has 2 aliphatic rings. The fraction of sp³-hybridized carbons (Fsp3) is 1.00. The maximum atomic E-state index is 5.85. The van der Waals surface area contributed by atoms with Crippen LogP contribution in [0, 0.1) is 0 Å². The molecule has 2 rings (SSSR count). The summed E-state index contributed by atoms with van der Waals surface area (Å²) >= 11 is 0. The van der Waals surface area contributed by atoms with Gasteiger partial charge in [-0.1, -0.05) is 12.8 Å². The number of hydrogen-bond donors (Lipinski definition) is 0. The van der Waals surface area contributed by atoms with Gasteiger partial charge in [0, 0.05) is 12.8 Å². The van der Waals surface area contributed by atoms with Crippen LogP contribution in [0.3, 0.4) is 0 Å². The van der Waals surface area contributed by atoms with Crippen molar-refractivity contribution in [1.82, 2.24) is 0 Å². The molecule has 1 aliphatic carbocycles. The Bertz CT molecular complexity index is 148. The predicted octanol–water partition coefficient (Wildman–Crippen LogP) is 2.47. The van der Waals surface area contributed by atoms with Gasteiger partial charge in [-0.25, -0.2) is 0 Å². The molecule has 70 valence electrons. The van der Waals surface area contributed by atoms with E-state index < -0.39 is 0 Å². The van der Waals surface area contributed by atoms with Crippen LogP contribution in [0.2, 0.25) is 0 Å². The third kappa shape index (κ3) is 1.64. The zero-order valence-electron chi connectivity index (χ0n) is 7.84. The average molecular weight is 170 g/mol. The summed E-state index contributed by atoms with van der Waals surface area (Å²) in [5.74, 6) is -0.171. The minimum atomic E-state index is -0.171. The first-order valence-corrected chi connectivity index (χ1v) is 5.13. The maximum absolute atomic E-state index is 5.85. The molecule has 0 aromatic rings. The van der Waals surface area contributed by atoms with Gasteiger partial charge in [-0.05, 0) is 19.8 Å². The molecule has 1 heterocycles. The van der Waals surface area contributed by atoms with Gasteiger partial charge in [-0.2, -0.15) is 0 Å². The molecule has 1 saturated carbocycles. The van der Waals surface area contributed by atoms with Crippen LogP contribution in [0.1, 0.15) is 45.4 Å². The molecule has 1 aliphatic heterocycles. The second-order valence-corrected chi connectivity index (χ2v) is 4.06. The van der Waals surface area contributed by atoms with Crippen molar-refractivity contribution in [3.63, 3.8) is 0 Å². The summed E-state index contributed by atoms with van der Waals surface area (Å²) in [6, 6.07) is 0. The fourth-order valence-corrected chi connectivity index (χ4v) is 2.23. The lowest BCUT2D eigenvalue weighted by molar-refractivity contribution is -0.174. The second kappa shape index (κ2) is 3.35. The molecule has 2 heteroatoms. The molecule has 0 radical (unpaired) electrons. The monoisotopic (exact) mass is 170 g/mol. The van der Waals surface area contributed by atoms with E-state index in [2.05, 4.69) is 6.92 Å². The second-order valence-electron chi connectivity index (χ2n) is 4.06. The van der Waals surface area contributed by atoms with E-state index in [9.17, 15) is 0 Å². The van der Waals surface area contributed by atoms with Crippen molar-refractivity contribution in [2.45, 2.75) is 57.3 Å². The van der Waals surface area contributed by atoms with E-state index in [0.717, 1.165) is 19.4 Å². The first-order valence-electron chi connectivity index (χ1n) is 5.13. The highest BCUT2D eigenvalue weighted by Crippen LogP contribution is 2.36. The SMILES string of the molecule is CC1COC2(CCCCCC2)O1. The van der Waals surface area contributed by atoms with Crippen molar-refractivity contribution >= 4 is 0 Å². The molecule has 1 unspecified atom stereocenters. The molecule has 2 nitrogen and oxygen atoms in total. The molecule has 0 aromatic carbocycles. The van der Waals surface area contributed by atoms with E-state index in [-0.39, 0.29) is 5.79 Å². The van der Waals surface area contributed by atoms with Crippen molar-refractivity contribution in [2.75, 3.05) is 6.61 Å². The van der Waals surface area contributed by atoms with Gasteiger partial charge in [0.15, 0.2) is 5.79 Å². The normalized spacial score (nSPS) is 35.2. The van der Waals surface area contributed by atoms with Crippen molar-refractivity contribution in [3.05, 3.63) is 0 Å². The van der Waals surface area contributed by atoms with E-state index >= 15 is 0 Å². The molecule has 2 fully saturated rings. The number of ether oxygens (including phenoxy) is 2. The van der Waals surface area contributed by atoms with Gasteiger partial charge in [-0.3, -0.25) is 0 Å².